The zero-order valence-corrected chi connectivity index (χ0v) is 14.2. The van der Waals surface area contributed by atoms with Crippen molar-refractivity contribution in [3.63, 3.8) is 0 Å². The maximum atomic E-state index is 13.4. The average molecular weight is 343 g/mol. The summed E-state index contributed by atoms with van der Waals surface area (Å²) < 4.78 is 18.7. The normalized spacial score (nSPS) is 15.0. The third-order valence-corrected chi connectivity index (χ3v) is 4.42. The number of aryl methyl sites for hydroxylation is 1. The van der Waals surface area contributed by atoms with Crippen molar-refractivity contribution < 1.29 is 13.9 Å². The van der Waals surface area contributed by atoms with E-state index in [0.717, 1.165) is 37.2 Å². The highest BCUT2D eigenvalue weighted by Gasteiger charge is 2.15. The van der Waals surface area contributed by atoms with Crippen LogP contribution in [0.5, 0.6) is 0 Å². The molecule has 132 valence electrons. The first-order valence-corrected chi connectivity index (χ1v) is 8.46. The molecule has 1 aliphatic rings. The highest BCUT2D eigenvalue weighted by Crippen LogP contribution is 2.25. The SMILES string of the molecule is Cc1ccc(-c2cncc(F)c2)cc1NC(=O)NCC1CCOCC1. The summed E-state index contributed by atoms with van der Waals surface area (Å²) in [6.07, 6.45) is 4.71. The molecule has 1 fully saturated rings. The fraction of sp³-hybridized carbons (Fsp3) is 0.368. The third-order valence-electron chi connectivity index (χ3n) is 4.42. The molecular formula is C19H22FN3O2. The Morgan fingerprint density at radius 2 is 2.04 bits per heavy atom. The van der Waals surface area contributed by atoms with E-state index in [2.05, 4.69) is 15.6 Å². The zero-order chi connectivity index (χ0) is 17.6. The summed E-state index contributed by atoms with van der Waals surface area (Å²) in [6, 6.07) is 6.81. The fourth-order valence-corrected chi connectivity index (χ4v) is 2.86. The number of aromatic nitrogens is 1. The molecule has 2 N–H and O–H groups in total. The smallest absolute Gasteiger partial charge is 0.319 e. The number of pyridine rings is 1. The van der Waals surface area contributed by atoms with Crippen molar-refractivity contribution >= 4 is 11.7 Å². The van der Waals surface area contributed by atoms with Crippen LogP contribution < -0.4 is 10.6 Å². The summed E-state index contributed by atoms with van der Waals surface area (Å²) in [4.78, 5) is 16.1. The van der Waals surface area contributed by atoms with Crippen LogP contribution in [0.15, 0.2) is 36.7 Å². The molecule has 0 bridgehead atoms. The van der Waals surface area contributed by atoms with Gasteiger partial charge in [0.15, 0.2) is 0 Å². The number of nitrogens with one attached hydrogen (secondary N) is 2. The number of nitrogens with zero attached hydrogens (tertiary/aromatic N) is 1. The highest BCUT2D eigenvalue weighted by atomic mass is 19.1. The molecule has 0 aliphatic carbocycles. The van der Waals surface area contributed by atoms with Crippen LogP contribution in [0.25, 0.3) is 11.1 Å². The monoisotopic (exact) mass is 343 g/mol. The lowest BCUT2D eigenvalue weighted by Crippen LogP contribution is -2.35. The second-order valence-corrected chi connectivity index (χ2v) is 6.31. The van der Waals surface area contributed by atoms with E-state index in [1.54, 1.807) is 6.20 Å². The Balaban J connectivity index is 1.65. The quantitative estimate of drug-likeness (QED) is 0.889. The highest BCUT2D eigenvalue weighted by molar-refractivity contribution is 5.91. The van der Waals surface area contributed by atoms with Gasteiger partial charge in [-0.2, -0.15) is 0 Å². The number of benzene rings is 1. The molecule has 2 heterocycles. The predicted molar refractivity (Wildman–Crippen MR) is 94.9 cm³/mol. The molecule has 1 aromatic heterocycles. The van der Waals surface area contributed by atoms with Gasteiger partial charge in [0.25, 0.3) is 0 Å². The van der Waals surface area contributed by atoms with Gasteiger partial charge in [-0.15, -0.1) is 0 Å². The third kappa shape index (κ3) is 4.76. The number of urea groups is 1. The summed E-state index contributed by atoms with van der Waals surface area (Å²) in [5.74, 6) is 0.0760. The largest absolute Gasteiger partial charge is 0.381 e. The number of rotatable bonds is 4. The minimum Gasteiger partial charge on any atom is -0.381 e. The van der Waals surface area contributed by atoms with E-state index < -0.39 is 0 Å². The molecule has 1 aromatic carbocycles. The fourth-order valence-electron chi connectivity index (χ4n) is 2.86. The summed E-state index contributed by atoms with van der Waals surface area (Å²) in [6.45, 7) is 4.08. The molecule has 0 saturated carbocycles. The first-order chi connectivity index (χ1) is 12.1. The Labute approximate surface area is 146 Å². The van der Waals surface area contributed by atoms with Crippen molar-refractivity contribution in [2.45, 2.75) is 19.8 Å². The number of anilines is 1. The maximum Gasteiger partial charge on any atom is 0.319 e. The van der Waals surface area contributed by atoms with E-state index in [1.165, 1.54) is 12.3 Å². The van der Waals surface area contributed by atoms with Gasteiger partial charge in [-0.1, -0.05) is 12.1 Å². The zero-order valence-electron chi connectivity index (χ0n) is 14.2. The molecule has 0 unspecified atom stereocenters. The number of carbonyl (C=O) groups is 1. The number of hydrogen-bond donors (Lipinski definition) is 2. The van der Waals surface area contributed by atoms with Gasteiger partial charge in [-0.25, -0.2) is 9.18 Å². The molecular weight excluding hydrogens is 321 g/mol. The van der Waals surface area contributed by atoms with Crippen molar-refractivity contribution in [3.8, 4) is 11.1 Å². The van der Waals surface area contributed by atoms with Crippen LogP contribution in [-0.2, 0) is 4.74 Å². The van der Waals surface area contributed by atoms with E-state index in [0.29, 0.717) is 23.7 Å². The van der Waals surface area contributed by atoms with Crippen LogP contribution in [0.3, 0.4) is 0 Å². The average Bonchev–Trinajstić information content (AvgIpc) is 2.63. The van der Waals surface area contributed by atoms with Crippen LogP contribution >= 0.6 is 0 Å². The second kappa shape index (κ2) is 8.07. The molecule has 2 aromatic rings. The molecule has 1 aliphatic heterocycles. The van der Waals surface area contributed by atoms with Crippen LogP contribution in [0.2, 0.25) is 0 Å². The van der Waals surface area contributed by atoms with Crippen LogP contribution in [0, 0.1) is 18.7 Å². The summed E-state index contributed by atoms with van der Waals surface area (Å²) in [7, 11) is 0. The number of ether oxygens (including phenoxy) is 1. The topological polar surface area (TPSA) is 63.2 Å². The lowest BCUT2D eigenvalue weighted by Gasteiger charge is -2.22. The lowest BCUT2D eigenvalue weighted by atomic mass is 10.0. The number of carbonyl (C=O) groups excluding carboxylic acids is 1. The molecule has 0 atom stereocenters. The predicted octanol–water partition coefficient (Wildman–Crippen LogP) is 3.74. The molecule has 3 rings (SSSR count). The maximum absolute atomic E-state index is 13.4. The molecule has 6 heteroatoms. The first kappa shape index (κ1) is 17.4. The lowest BCUT2D eigenvalue weighted by molar-refractivity contribution is 0.0671. The Morgan fingerprint density at radius 1 is 1.24 bits per heavy atom. The minimum absolute atomic E-state index is 0.232. The Morgan fingerprint density at radius 3 is 2.80 bits per heavy atom. The van der Waals surface area contributed by atoms with Crippen molar-refractivity contribution in [2.24, 2.45) is 5.92 Å². The van der Waals surface area contributed by atoms with Crippen molar-refractivity contribution in [3.05, 3.63) is 48.0 Å². The van der Waals surface area contributed by atoms with Crippen molar-refractivity contribution in [2.75, 3.05) is 25.1 Å². The molecule has 1 saturated heterocycles. The van der Waals surface area contributed by atoms with Gasteiger partial charge in [-0.05, 0) is 48.9 Å². The van der Waals surface area contributed by atoms with Gasteiger partial charge in [0.2, 0.25) is 0 Å². The molecule has 0 spiro atoms. The summed E-state index contributed by atoms with van der Waals surface area (Å²) >= 11 is 0. The Kier molecular flexibility index (Phi) is 5.60. The Hall–Kier alpha value is -2.47. The van der Waals surface area contributed by atoms with Crippen molar-refractivity contribution in [1.82, 2.24) is 10.3 Å². The van der Waals surface area contributed by atoms with E-state index in [-0.39, 0.29) is 11.8 Å². The van der Waals surface area contributed by atoms with Gasteiger partial charge < -0.3 is 15.4 Å². The van der Waals surface area contributed by atoms with E-state index in [1.807, 2.05) is 25.1 Å². The van der Waals surface area contributed by atoms with E-state index in [9.17, 15) is 9.18 Å². The van der Waals surface area contributed by atoms with Crippen LogP contribution in [0.1, 0.15) is 18.4 Å². The summed E-state index contributed by atoms with van der Waals surface area (Å²) in [5.41, 5.74) is 3.11. The van der Waals surface area contributed by atoms with Crippen LogP contribution in [-0.4, -0.2) is 30.8 Å². The first-order valence-electron chi connectivity index (χ1n) is 8.46. The second-order valence-electron chi connectivity index (χ2n) is 6.31. The van der Waals surface area contributed by atoms with Gasteiger partial charge in [-0.3, -0.25) is 4.98 Å². The van der Waals surface area contributed by atoms with Crippen LogP contribution in [0.4, 0.5) is 14.9 Å². The van der Waals surface area contributed by atoms with E-state index >= 15 is 0 Å². The van der Waals surface area contributed by atoms with E-state index in [4.69, 9.17) is 4.74 Å². The molecule has 25 heavy (non-hydrogen) atoms. The Bertz CT molecular complexity index is 745. The van der Waals surface area contributed by atoms with Gasteiger partial charge >= 0.3 is 6.03 Å². The number of halogens is 1. The van der Waals surface area contributed by atoms with Gasteiger partial charge in [0.05, 0.1) is 6.20 Å². The van der Waals surface area contributed by atoms with Crippen molar-refractivity contribution in [1.29, 1.82) is 0 Å². The molecule has 0 radical (unpaired) electrons. The van der Waals surface area contributed by atoms with Gasteiger partial charge in [0, 0.05) is 37.2 Å². The summed E-state index contributed by atoms with van der Waals surface area (Å²) in [5, 5.41) is 5.80. The molecule has 5 nitrogen and oxygen atoms in total. The minimum atomic E-state index is -0.387. The number of amides is 2. The molecule has 2 amide bonds. The van der Waals surface area contributed by atoms with Gasteiger partial charge in [0.1, 0.15) is 5.82 Å². The standard InChI is InChI=1S/C19H22FN3O2/c1-13-2-3-15(16-8-17(20)12-21-11-16)9-18(13)23-19(24)22-10-14-4-6-25-7-5-14/h2-3,8-9,11-12,14H,4-7,10H2,1H3,(H2,22,23,24). The number of hydrogen-bond acceptors (Lipinski definition) is 3.